The number of pyridine rings is 1. The topological polar surface area (TPSA) is 81.7 Å². The van der Waals surface area contributed by atoms with Crippen LogP contribution in [0.25, 0.3) is 33.1 Å². The maximum Gasteiger partial charge on any atom is 0.345 e. The number of hydrogen-bond donors (Lipinski definition) is 0. The maximum atomic E-state index is 13.0. The van der Waals surface area contributed by atoms with Crippen molar-refractivity contribution in [3.63, 3.8) is 0 Å². The number of nitrogens with zero attached hydrogens (tertiary/aromatic N) is 6. The van der Waals surface area contributed by atoms with Gasteiger partial charge >= 0.3 is 6.61 Å². The standard InChI is InChI=1S/C26H32F2N6O3/c1-15(14-36-26(27)28)34-23(13-33-8-6-32(4)7-9-33)30-21-12-29-20-10-19(24-16(2)31-37-17(24)3)22(35-5)11-18(20)25(21)34/h10-12,15,26H,6-9,13-14H2,1-5H3/t15-/m0/s1. The number of aryl methyl sites for hydroxylation is 2. The summed E-state index contributed by atoms with van der Waals surface area (Å²) < 4.78 is 43.8. The van der Waals surface area contributed by atoms with Crippen molar-refractivity contribution in [3.8, 4) is 16.9 Å². The van der Waals surface area contributed by atoms with E-state index < -0.39 is 6.61 Å². The first-order valence-corrected chi connectivity index (χ1v) is 12.4. The van der Waals surface area contributed by atoms with Gasteiger partial charge in [0.2, 0.25) is 0 Å². The summed E-state index contributed by atoms with van der Waals surface area (Å²) in [6.45, 7) is 7.01. The molecule has 4 heterocycles. The largest absolute Gasteiger partial charge is 0.496 e. The zero-order chi connectivity index (χ0) is 26.3. The van der Waals surface area contributed by atoms with Crippen LogP contribution in [-0.2, 0) is 11.3 Å². The summed E-state index contributed by atoms with van der Waals surface area (Å²) in [5.41, 5.74) is 4.71. The van der Waals surface area contributed by atoms with E-state index in [1.165, 1.54) is 0 Å². The average Bonchev–Trinajstić information content (AvgIpc) is 3.41. The van der Waals surface area contributed by atoms with E-state index in [0.29, 0.717) is 23.6 Å². The number of likely N-dealkylation sites (N-methyl/N-ethyl adjacent to an activating group) is 1. The van der Waals surface area contributed by atoms with Gasteiger partial charge in [0.05, 0.1) is 54.8 Å². The van der Waals surface area contributed by atoms with Gasteiger partial charge in [0, 0.05) is 37.1 Å². The van der Waals surface area contributed by atoms with Crippen LogP contribution in [0.15, 0.2) is 22.9 Å². The number of rotatable bonds is 8. The quantitative estimate of drug-likeness (QED) is 0.342. The Hall–Kier alpha value is -3.15. The molecule has 0 spiro atoms. The minimum Gasteiger partial charge on any atom is -0.496 e. The van der Waals surface area contributed by atoms with Crippen LogP contribution < -0.4 is 4.74 Å². The molecular weight excluding hydrogens is 482 g/mol. The van der Waals surface area contributed by atoms with Crippen LogP contribution in [0.1, 0.15) is 30.2 Å². The monoisotopic (exact) mass is 514 g/mol. The molecule has 9 nitrogen and oxygen atoms in total. The van der Waals surface area contributed by atoms with Crippen LogP contribution in [0.3, 0.4) is 0 Å². The van der Waals surface area contributed by atoms with Gasteiger partial charge in [-0.1, -0.05) is 5.16 Å². The number of ether oxygens (including phenoxy) is 2. The van der Waals surface area contributed by atoms with E-state index in [1.807, 2.05) is 37.5 Å². The Balaban J connectivity index is 1.67. The van der Waals surface area contributed by atoms with Crippen LogP contribution in [0, 0.1) is 13.8 Å². The fraction of sp³-hybridized carbons (Fsp3) is 0.500. The van der Waals surface area contributed by atoms with Crippen molar-refractivity contribution in [1.29, 1.82) is 0 Å². The molecule has 0 N–H and O–H groups in total. The fourth-order valence-electron chi connectivity index (χ4n) is 5.16. The number of alkyl halides is 2. The molecule has 1 aliphatic heterocycles. The molecule has 0 saturated carbocycles. The average molecular weight is 515 g/mol. The second-order valence-corrected chi connectivity index (χ2v) is 9.68. The molecule has 1 saturated heterocycles. The number of fused-ring (bicyclic) bond motifs is 3. The van der Waals surface area contributed by atoms with E-state index in [0.717, 1.165) is 65.2 Å². The van der Waals surface area contributed by atoms with Crippen LogP contribution in [0.2, 0.25) is 0 Å². The fourth-order valence-corrected chi connectivity index (χ4v) is 5.16. The first-order valence-electron chi connectivity index (χ1n) is 12.4. The van der Waals surface area contributed by atoms with E-state index in [4.69, 9.17) is 24.0 Å². The maximum absolute atomic E-state index is 13.0. The summed E-state index contributed by atoms with van der Waals surface area (Å²) in [5, 5.41) is 4.91. The molecule has 0 radical (unpaired) electrons. The molecule has 0 amide bonds. The van der Waals surface area contributed by atoms with Gasteiger partial charge in [-0.3, -0.25) is 9.88 Å². The zero-order valence-electron chi connectivity index (χ0n) is 21.8. The number of piperazine rings is 1. The molecule has 1 aliphatic rings. The van der Waals surface area contributed by atoms with Crippen molar-refractivity contribution in [2.45, 2.75) is 40.0 Å². The Bertz CT molecular complexity index is 1390. The summed E-state index contributed by atoms with van der Waals surface area (Å²) in [6, 6.07) is 3.52. The lowest BCUT2D eigenvalue weighted by atomic mass is 10.0. The van der Waals surface area contributed by atoms with Crippen molar-refractivity contribution < 1.29 is 22.8 Å². The predicted octanol–water partition coefficient (Wildman–Crippen LogP) is 4.41. The molecule has 11 heteroatoms. The number of benzene rings is 1. The van der Waals surface area contributed by atoms with Gasteiger partial charge in [-0.05, 0) is 40.0 Å². The molecule has 3 aromatic heterocycles. The molecule has 5 rings (SSSR count). The molecule has 198 valence electrons. The van der Waals surface area contributed by atoms with E-state index in [-0.39, 0.29) is 12.6 Å². The van der Waals surface area contributed by atoms with Crippen molar-refractivity contribution in [2.75, 3.05) is 46.9 Å². The smallest absolute Gasteiger partial charge is 0.345 e. The highest BCUT2D eigenvalue weighted by Gasteiger charge is 2.25. The highest BCUT2D eigenvalue weighted by molar-refractivity contribution is 6.05. The number of hydrogen-bond acceptors (Lipinski definition) is 8. The second-order valence-electron chi connectivity index (χ2n) is 9.68. The lowest BCUT2D eigenvalue weighted by Crippen LogP contribution is -2.44. The molecular formula is C26H32F2N6O3. The van der Waals surface area contributed by atoms with Gasteiger partial charge in [0.1, 0.15) is 22.9 Å². The molecule has 4 aromatic rings. The third-order valence-corrected chi connectivity index (χ3v) is 7.08. The summed E-state index contributed by atoms with van der Waals surface area (Å²) in [4.78, 5) is 14.2. The number of methoxy groups -OCH3 is 1. The van der Waals surface area contributed by atoms with Crippen molar-refractivity contribution in [1.82, 2.24) is 29.5 Å². The Morgan fingerprint density at radius 1 is 1.11 bits per heavy atom. The summed E-state index contributed by atoms with van der Waals surface area (Å²) in [7, 11) is 3.73. The van der Waals surface area contributed by atoms with Crippen LogP contribution in [0.5, 0.6) is 5.75 Å². The van der Waals surface area contributed by atoms with E-state index in [2.05, 4.69) is 22.0 Å². The van der Waals surface area contributed by atoms with E-state index in [1.54, 1.807) is 13.3 Å². The van der Waals surface area contributed by atoms with Gasteiger partial charge in [0.15, 0.2) is 0 Å². The Morgan fingerprint density at radius 3 is 2.51 bits per heavy atom. The summed E-state index contributed by atoms with van der Waals surface area (Å²) >= 11 is 0. The minimum absolute atomic E-state index is 0.142. The molecule has 37 heavy (non-hydrogen) atoms. The number of aromatic nitrogens is 4. The van der Waals surface area contributed by atoms with Crippen molar-refractivity contribution in [2.24, 2.45) is 0 Å². The summed E-state index contributed by atoms with van der Waals surface area (Å²) in [5.74, 6) is 2.13. The highest BCUT2D eigenvalue weighted by atomic mass is 19.3. The van der Waals surface area contributed by atoms with Crippen molar-refractivity contribution >= 4 is 21.9 Å². The Kier molecular flexibility index (Phi) is 7.11. The van der Waals surface area contributed by atoms with Gasteiger partial charge in [-0.15, -0.1) is 0 Å². The Labute approximate surface area is 213 Å². The summed E-state index contributed by atoms with van der Waals surface area (Å²) in [6.07, 6.45) is 1.74. The van der Waals surface area contributed by atoms with Gasteiger partial charge < -0.3 is 23.5 Å². The molecule has 1 fully saturated rings. The van der Waals surface area contributed by atoms with Crippen LogP contribution in [-0.4, -0.2) is 83.0 Å². The molecule has 0 bridgehead atoms. The van der Waals surface area contributed by atoms with E-state index in [9.17, 15) is 8.78 Å². The first kappa shape index (κ1) is 25.5. The van der Waals surface area contributed by atoms with Crippen molar-refractivity contribution in [3.05, 3.63) is 35.6 Å². The van der Waals surface area contributed by atoms with Crippen LogP contribution >= 0.6 is 0 Å². The molecule has 0 unspecified atom stereocenters. The zero-order valence-corrected chi connectivity index (χ0v) is 21.8. The second kappa shape index (κ2) is 10.3. The molecule has 1 aromatic carbocycles. The Morgan fingerprint density at radius 2 is 1.86 bits per heavy atom. The van der Waals surface area contributed by atoms with Crippen LogP contribution in [0.4, 0.5) is 8.78 Å². The SMILES string of the molecule is COc1cc2c(cc1-c1c(C)noc1C)ncc1nc(CN3CCN(C)CC3)n([C@@H](C)COC(F)F)c12. The third-order valence-electron chi connectivity index (χ3n) is 7.08. The highest BCUT2D eigenvalue weighted by Crippen LogP contribution is 2.39. The number of imidazole rings is 1. The molecule has 0 aliphatic carbocycles. The van der Waals surface area contributed by atoms with Gasteiger partial charge in [-0.25, -0.2) is 4.98 Å². The molecule has 1 atom stereocenters. The normalized spacial score (nSPS) is 16.3. The predicted molar refractivity (Wildman–Crippen MR) is 136 cm³/mol. The lowest BCUT2D eigenvalue weighted by Gasteiger charge is -2.32. The van der Waals surface area contributed by atoms with Gasteiger partial charge in [0.25, 0.3) is 0 Å². The third kappa shape index (κ3) is 4.90. The first-order chi connectivity index (χ1) is 17.8. The van der Waals surface area contributed by atoms with E-state index >= 15 is 0 Å². The van der Waals surface area contributed by atoms with Gasteiger partial charge in [-0.2, -0.15) is 8.78 Å². The lowest BCUT2D eigenvalue weighted by molar-refractivity contribution is -0.135. The number of halogens is 2. The minimum atomic E-state index is -2.84.